The van der Waals surface area contributed by atoms with E-state index in [1.54, 1.807) is 12.1 Å². The molecule has 0 spiro atoms. The third-order valence-corrected chi connectivity index (χ3v) is 3.66. The Hall–Kier alpha value is -1.00. The number of alkyl halides is 1. The number of nitrogens with zero attached hydrogens (tertiary/aromatic N) is 1. The van der Waals surface area contributed by atoms with E-state index >= 15 is 0 Å². The second kappa shape index (κ2) is 6.25. The van der Waals surface area contributed by atoms with Crippen molar-refractivity contribution in [2.45, 2.75) is 31.3 Å². The molecule has 4 heteroatoms. The predicted octanol–water partition coefficient (Wildman–Crippen LogP) is 2.68. The number of hydrogen-bond donors (Lipinski definition) is 1. The molecule has 18 heavy (non-hydrogen) atoms. The van der Waals surface area contributed by atoms with Crippen LogP contribution in [0.4, 0.5) is 8.78 Å². The lowest BCUT2D eigenvalue weighted by Gasteiger charge is -2.29. The Labute approximate surface area is 106 Å². The smallest absolute Gasteiger partial charge is 0.123 e. The molecule has 0 amide bonds. The van der Waals surface area contributed by atoms with Gasteiger partial charge < -0.3 is 5.11 Å². The molecule has 2 nitrogen and oxygen atoms in total. The summed E-state index contributed by atoms with van der Waals surface area (Å²) in [6, 6.07) is 6.75. The molecule has 0 aliphatic carbocycles. The number of benzene rings is 1. The minimum atomic E-state index is -0.342. The van der Waals surface area contributed by atoms with Crippen molar-refractivity contribution >= 4 is 0 Å². The molecular weight excluding hydrogens is 236 g/mol. The SMILES string of the molecule is OCC1CCC(c2ccc(F)cc2)N1CCCF. The highest BCUT2D eigenvalue weighted by atomic mass is 19.1. The lowest BCUT2D eigenvalue weighted by atomic mass is 10.0. The average Bonchev–Trinajstić information content (AvgIpc) is 2.80. The van der Waals surface area contributed by atoms with Gasteiger partial charge in [0.15, 0.2) is 0 Å². The average molecular weight is 255 g/mol. The van der Waals surface area contributed by atoms with E-state index < -0.39 is 0 Å². The molecule has 2 rings (SSSR count). The van der Waals surface area contributed by atoms with Crippen LogP contribution in [0.3, 0.4) is 0 Å². The molecule has 2 unspecified atom stereocenters. The van der Waals surface area contributed by atoms with E-state index in [2.05, 4.69) is 4.90 Å². The summed E-state index contributed by atoms with van der Waals surface area (Å²) in [6.07, 6.45) is 2.32. The van der Waals surface area contributed by atoms with Gasteiger partial charge in [-0.1, -0.05) is 12.1 Å². The molecule has 1 fully saturated rings. The van der Waals surface area contributed by atoms with Gasteiger partial charge in [-0.15, -0.1) is 0 Å². The first kappa shape index (κ1) is 13.4. The van der Waals surface area contributed by atoms with E-state index in [4.69, 9.17) is 0 Å². The molecule has 1 N–H and O–H groups in total. The van der Waals surface area contributed by atoms with Crippen molar-refractivity contribution in [3.8, 4) is 0 Å². The van der Waals surface area contributed by atoms with Crippen LogP contribution in [0.25, 0.3) is 0 Å². The van der Waals surface area contributed by atoms with E-state index in [9.17, 15) is 13.9 Å². The van der Waals surface area contributed by atoms with Crippen LogP contribution in [-0.2, 0) is 0 Å². The number of hydrogen-bond acceptors (Lipinski definition) is 2. The van der Waals surface area contributed by atoms with Crippen molar-refractivity contribution in [2.75, 3.05) is 19.8 Å². The summed E-state index contributed by atoms with van der Waals surface area (Å²) >= 11 is 0. The Morgan fingerprint density at radius 1 is 1.22 bits per heavy atom. The van der Waals surface area contributed by atoms with Gasteiger partial charge in [0.1, 0.15) is 5.82 Å². The van der Waals surface area contributed by atoms with Crippen molar-refractivity contribution in [3.63, 3.8) is 0 Å². The Kier molecular flexibility index (Phi) is 4.66. The van der Waals surface area contributed by atoms with Crippen LogP contribution in [0.2, 0.25) is 0 Å². The summed E-state index contributed by atoms with van der Waals surface area (Å²) in [5, 5.41) is 9.35. The van der Waals surface area contributed by atoms with E-state index in [-0.39, 0.29) is 31.2 Å². The molecular formula is C14H19F2NO. The molecule has 1 aliphatic heterocycles. The van der Waals surface area contributed by atoms with Crippen LogP contribution in [-0.4, -0.2) is 35.9 Å². The number of likely N-dealkylation sites (tertiary alicyclic amines) is 1. The normalized spacial score (nSPS) is 24.6. The monoisotopic (exact) mass is 255 g/mol. The number of aliphatic hydroxyl groups excluding tert-OH is 1. The summed E-state index contributed by atoms with van der Waals surface area (Å²) in [5.41, 5.74) is 1.05. The van der Waals surface area contributed by atoms with Gasteiger partial charge in [-0.05, 0) is 37.0 Å². The minimum Gasteiger partial charge on any atom is -0.395 e. The predicted molar refractivity (Wildman–Crippen MR) is 66.5 cm³/mol. The van der Waals surface area contributed by atoms with Gasteiger partial charge in [-0.25, -0.2) is 4.39 Å². The van der Waals surface area contributed by atoms with Crippen LogP contribution in [0.1, 0.15) is 30.9 Å². The fraction of sp³-hybridized carbons (Fsp3) is 0.571. The van der Waals surface area contributed by atoms with Gasteiger partial charge >= 0.3 is 0 Å². The highest BCUT2D eigenvalue weighted by Crippen LogP contribution is 2.35. The third-order valence-electron chi connectivity index (χ3n) is 3.66. The topological polar surface area (TPSA) is 23.5 Å². The molecule has 0 aromatic heterocycles. The Morgan fingerprint density at radius 3 is 2.56 bits per heavy atom. The molecule has 1 heterocycles. The first-order chi connectivity index (χ1) is 8.76. The summed E-state index contributed by atoms with van der Waals surface area (Å²) in [7, 11) is 0. The molecule has 1 saturated heterocycles. The molecule has 1 aromatic carbocycles. The van der Waals surface area contributed by atoms with Crippen LogP contribution in [0.5, 0.6) is 0 Å². The van der Waals surface area contributed by atoms with E-state index in [0.717, 1.165) is 18.4 Å². The van der Waals surface area contributed by atoms with E-state index in [1.807, 2.05) is 0 Å². The standard InChI is InChI=1S/C14H19F2NO/c15-8-1-9-17-13(10-18)6-7-14(17)11-2-4-12(16)5-3-11/h2-5,13-14,18H,1,6-10H2. The molecule has 0 bridgehead atoms. The van der Waals surface area contributed by atoms with Crippen LogP contribution in [0.15, 0.2) is 24.3 Å². The van der Waals surface area contributed by atoms with Crippen molar-refractivity contribution in [1.82, 2.24) is 4.90 Å². The summed E-state index contributed by atoms with van der Waals surface area (Å²) in [4.78, 5) is 2.15. The van der Waals surface area contributed by atoms with Gasteiger partial charge in [0.25, 0.3) is 0 Å². The maximum absolute atomic E-state index is 12.9. The van der Waals surface area contributed by atoms with Gasteiger partial charge in [0.2, 0.25) is 0 Å². The lowest BCUT2D eigenvalue weighted by molar-refractivity contribution is 0.125. The number of halogens is 2. The Bertz CT molecular complexity index is 369. The maximum atomic E-state index is 12.9. The van der Waals surface area contributed by atoms with E-state index in [1.165, 1.54) is 12.1 Å². The Morgan fingerprint density at radius 2 is 1.94 bits per heavy atom. The first-order valence-corrected chi connectivity index (χ1v) is 6.44. The molecule has 0 radical (unpaired) electrons. The second-order valence-corrected chi connectivity index (χ2v) is 4.76. The molecule has 0 saturated carbocycles. The molecule has 2 atom stereocenters. The van der Waals surface area contributed by atoms with Crippen molar-refractivity contribution in [1.29, 1.82) is 0 Å². The van der Waals surface area contributed by atoms with E-state index in [0.29, 0.717) is 13.0 Å². The summed E-state index contributed by atoms with van der Waals surface area (Å²) < 4.78 is 25.2. The molecule has 1 aliphatic rings. The summed E-state index contributed by atoms with van der Waals surface area (Å²) in [6.45, 7) is 0.401. The maximum Gasteiger partial charge on any atom is 0.123 e. The lowest BCUT2D eigenvalue weighted by Crippen LogP contribution is -2.35. The zero-order chi connectivity index (χ0) is 13.0. The zero-order valence-corrected chi connectivity index (χ0v) is 10.4. The minimum absolute atomic E-state index is 0.101. The number of aliphatic hydroxyl groups is 1. The van der Waals surface area contributed by atoms with Crippen molar-refractivity contribution < 1.29 is 13.9 Å². The Balaban J connectivity index is 2.12. The van der Waals surface area contributed by atoms with Crippen LogP contribution in [0, 0.1) is 5.82 Å². The quantitative estimate of drug-likeness (QED) is 0.874. The fourth-order valence-corrected chi connectivity index (χ4v) is 2.76. The first-order valence-electron chi connectivity index (χ1n) is 6.44. The fourth-order valence-electron chi connectivity index (χ4n) is 2.76. The van der Waals surface area contributed by atoms with Gasteiger partial charge in [0, 0.05) is 18.6 Å². The zero-order valence-electron chi connectivity index (χ0n) is 10.4. The van der Waals surface area contributed by atoms with Crippen LogP contribution < -0.4 is 0 Å². The summed E-state index contributed by atoms with van der Waals surface area (Å²) in [5.74, 6) is -0.245. The highest BCUT2D eigenvalue weighted by Gasteiger charge is 2.33. The van der Waals surface area contributed by atoms with Crippen molar-refractivity contribution in [2.24, 2.45) is 0 Å². The molecule has 1 aromatic rings. The van der Waals surface area contributed by atoms with Crippen LogP contribution >= 0.6 is 0 Å². The van der Waals surface area contributed by atoms with Gasteiger partial charge in [-0.2, -0.15) is 0 Å². The largest absolute Gasteiger partial charge is 0.395 e. The molecule has 100 valence electrons. The van der Waals surface area contributed by atoms with Gasteiger partial charge in [-0.3, -0.25) is 9.29 Å². The van der Waals surface area contributed by atoms with Crippen molar-refractivity contribution in [3.05, 3.63) is 35.6 Å². The highest BCUT2D eigenvalue weighted by molar-refractivity contribution is 5.21. The van der Waals surface area contributed by atoms with Gasteiger partial charge in [0.05, 0.1) is 13.3 Å². The second-order valence-electron chi connectivity index (χ2n) is 4.76. The number of rotatable bonds is 5. The third kappa shape index (κ3) is 2.87.